The molecule has 0 unspecified atom stereocenters. The highest BCUT2D eigenvalue weighted by Crippen LogP contribution is 2.18. The summed E-state index contributed by atoms with van der Waals surface area (Å²) in [5, 5.41) is 3.28. The molecular formula is C9H9F3N2O. The Hall–Kier alpha value is -1.72. The number of alkyl halides is 3. The maximum atomic E-state index is 11.8. The molecule has 0 heterocycles. The molecule has 1 aromatic carbocycles. The van der Waals surface area contributed by atoms with Crippen molar-refractivity contribution in [3.05, 3.63) is 29.8 Å². The molecule has 0 radical (unpaired) electrons. The SMILES string of the molecule is NN=Cc1ccc(OCC(F)(F)F)cc1. The molecule has 0 atom stereocenters. The van der Waals surface area contributed by atoms with Crippen LogP contribution in [0.15, 0.2) is 29.4 Å². The number of halogens is 3. The Bertz CT molecular complexity index is 332. The van der Waals surface area contributed by atoms with E-state index in [1.165, 1.54) is 18.3 Å². The number of rotatable bonds is 3. The van der Waals surface area contributed by atoms with E-state index >= 15 is 0 Å². The monoisotopic (exact) mass is 218 g/mol. The molecule has 0 saturated heterocycles. The topological polar surface area (TPSA) is 47.6 Å². The van der Waals surface area contributed by atoms with Gasteiger partial charge in [-0.1, -0.05) is 0 Å². The van der Waals surface area contributed by atoms with Crippen molar-refractivity contribution < 1.29 is 17.9 Å². The quantitative estimate of drug-likeness (QED) is 0.478. The molecule has 6 heteroatoms. The van der Waals surface area contributed by atoms with Gasteiger partial charge in [-0.15, -0.1) is 0 Å². The van der Waals surface area contributed by atoms with Crippen LogP contribution in [-0.4, -0.2) is 19.0 Å². The normalized spacial score (nSPS) is 11.9. The minimum atomic E-state index is -4.32. The van der Waals surface area contributed by atoms with Crippen LogP contribution in [0.2, 0.25) is 0 Å². The van der Waals surface area contributed by atoms with Crippen LogP contribution >= 0.6 is 0 Å². The lowest BCUT2D eigenvalue weighted by Gasteiger charge is -2.08. The summed E-state index contributed by atoms with van der Waals surface area (Å²) in [7, 11) is 0. The number of hydrogen-bond acceptors (Lipinski definition) is 3. The molecule has 82 valence electrons. The fourth-order valence-corrected chi connectivity index (χ4v) is 0.901. The summed E-state index contributed by atoms with van der Waals surface area (Å²) in [4.78, 5) is 0. The fourth-order valence-electron chi connectivity index (χ4n) is 0.901. The van der Waals surface area contributed by atoms with Crippen LogP contribution in [0.4, 0.5) is 13.2 Å². The molecule has 1 rings (SSSR count). The third kappa shape index (κ3) is 4.35. The molecule has 0 spiro atoms. The Balaban J connectivity index is 2.57. The van der Waals surface area contributed by atoms with Crippen LogP contribution in [0, 0.1) is 0 Å². The van der Waals surface area contributed by atoms with Gasteiger partial charge in [0.1, 0.15) is 5.75 Å². The van der Waals surface area contributed by atoms with Gasteiger partial charge in [-0.05, 0) is 29.8 Å². The van der Waals surface area contributed by atoms with E-state index in [-0.39, 0.29) is 5.75 Å². The summed E-state index contributed by atoms with van der Waals surface area (Å²) >= 11 is 0. The molecule has 0 amide bonds. The van der Waals surface area contributed by atoms with Crippen molar-refractivity contribution >= 4 is 6.21 Å². The van der Waals surface area contributed by atoms with Gasteiger partial charge < -0.3 is 10.6 Å². The van der Waals surface area contributed by atoms with Crippen LogP contribution in [0.3, 0.4) is 0 Å². The number of benzene rings is 1. The van der Waals surface area contributed by atoms with E-state index in [0.717, 1.165) is 0 Å². The molecule has 2 N–H and O–H groups in total. The minimum Gasteiger partial charge on any atom is -0.484 e. The van der Waals surface area contributed by atoms with Crippen molar-refractivity contribution in [2.24, 2.45) is 10.9 Å². The molecule has 1 aromatic rings. The standard InChI is InChI=1S/C9H9F3N2O/c10-9(11,12)6-15-8-3-1-7(2-4-8)5-14-13/h1-5H,6,13H2. The van der Waals surface area contributed by atoms with Crippen LogP contribution in [0.1, 0.15) is 5.56 Å². The molecule has 0 aliphatic rings. The maximum Gasteiger partial charge on any atom is 0.422 e. The highest BCUT2D eigenvalue weighted by molar-refractivity contribution is 5.79. The van der Waals surface area contributed by atoms with Gasteiger partial charge in [0.25, 0.3) is 0 Å². The number of hydrogen-bond donors (Lipinski definition) is 1. The van der Waals surface area contributed by atoms with Crippen LogP contribution < -0.4 is 10.6 Å². The van der Waals surface area contributed by atoms with Gasteiger partial charge >= 0.3 is 6.18 Å². The second kappa shape index (κ2) is 4.68. The summed E-state index contributed by atoms with van der Waals surface area (Å²) in [6.07, 6.45) is -2.94. The summed E-state index contributed by atoms with van der Waals surface area (Å²) in [5.74, 6) is 5.06. The molecule has 0 saturated carbocycles. The number of nitrogens with zero attached hydrogens (tertiary/aromatic N) is 1. The van der Waals surface area contributed by atoms with Crippen molar-refractivity contribution in [2.45, 2.75) is 6.18 Å². The van der Waals surface area contributed by atoms with E-state index in [9.17, 15) is 13.2 Å². The molecule has 15 heavy (non-hydrogen) atoms. The van der Waals surface area contributed by atoms with Crippen molar-refractivity contribution in [3.63, 3.8) is 0 Å². The Kier molecular flexibility index (Phi) is 3.54. The zero-order valence-electron chi connectivity index (χ0n) is 7.66. The Morgan fingerprint density at radius 2 is 1.87 bits per heavy atom. The Labute approximate surface area is 84.3 Å². The molecule has 3 nitrogen and oxygen atoms in total. The smallest absolute Gasteiger partial charge is 0.422 e. The van der Waals surface area contributed by atoms with Crippen molar-refractivity contribution in [1.82, 2.24) is 0 Å². The Morgan fingerprint density at radius 3 is 2.33 bits per heavy atom. The van der Waals surface area contributed by atoms with Gasteiger partial charge in [0, 0.05) is 0 Å². The maximum absolute atomic E-state index is 11.8. The Morgan fingerprint density at radius 1 is 1.27 bits per heavy atom. The summed E-state index contributed by atoms with van der Waals surface area (Å²) in [6.45, 7) is -1.29. The molecule has 0 aliphatic heterocycles. The average molecular weight is 218 g/mol. The van der Waals surface area contributed by atoms with Crippen LogP contribution in [-0.2, 0) is 0 Å². The first-order valence-corrected chi connectivity index (χ1v) is 4.04. The van der Waals surface area contributed by atoms with Gasteiger partial charge in [0.2, 0.25) is 0 Å². The number of nitrogens with two attached hydrogens (primary N) is 1. The number of hydrazone groups is 1. The molecule has 0 bridgehead atoms. The molecule has 0 aliphatic carbocycles. The van der Waals surface area contributed by atoms with E-state index in [1.54, 1.807) is 12.1 Å². The first kappa shape index (κ1) is 11.4. The zero-order valence-corrected chi connectivity index (χ0v) is 7.66. The van der Waals surface area contributed by atoms with E-state index in [2.05, 4.69) is 9.84 Å². The van der Waals surface area contributed by atoms with E-state index in [1.807, 2.05) is 0 Å². The van der Waals surface area contributed by atoms with Gasteiger partial charge in [0.05, 0.1) is 6.21 Å². The van der Waals surface area contributed by atoms with E-state index < -0.39 is 12.8 Å². The van der Waals surface area contributed by atoms with Gasteiger partial charge in [0.15, 0.2) is 6.61 Å². The van der Waals surface area contributed by atoms with Gasteiger partial charge in [-0.2, -0.15) is 18.3 Å². The fraction of sp³-hybridized carbons (Fsp3) is 0.222. The average Bonchev–Trinajstić information content (AvgIpc) is 2.16. The highest BCUT2D eigenvalue weighted by atomic mass is 19.4. The third-order valence-electron chi connectivity index (χ3n) is 1.51. The highest BCUT2D eigenvalue weighted by Gasteiger charge is 2.28. The number of ether oxygens (including phenoxy) is 1. The predicted octanol–water partition coefficient (Wildman–Crippen LogP) is 1.92. The van der Waals surface area contributed by atoms with Crippen molar-refractivity contribution in [3.8, 4) is 5.75 Å². The molecule has 0 fully saturated rings. The first-order valence-electron chi connectivity index (χ1n) is 4.04. The van der Waals surface area contributed by atoms with Crippen LogP contribution in [0.25, 0.3) is 0 Å². The third-order valence-corrected chi connectivity index (χ3v) is 1.51. The van der Waals surface area contributed by atoms with Gasteiger partial charge in [-0.25, -0.2) is 0 Å². The second-order valence-electron chi connectivity index (χ2n) is 2.75. The zero-order chi connectivity index (χ0) is 11.3. The van der Waals surface area contributed by atoms with Crippen LogP contribution in [0.5, 0.6) is 5.75 Å². The first-order chi connectivity index (χ1) is 7.01. The van der Waals surface area contributed by atoms with E-state index in [0.29, 0.717) is 5.56 Å². The largest absolute Gasteiger partial charge is 0.484 e. The molecular weight excluding hydrogens is 209 g/mol. The summed E-state index contributed by atoms with van der Waals surface area (Å²) in [5.41, 5.74) is 0.692. The lowest BCUT2D eigenvalue weighted by atomic mass is 10.2. The lowest BCUT2D eigenvalue weighted by molar-refractivity contribution is -0.153. The summed E-state index contributed by atoms with van der Waals surface area (Å²) in [6, 6.07) is 5.95. The van der Waals surface area contributed by atoms with E-state index in [4.69, 9.17) is 5.84 Å². The van der Waals surface area contributed by atoms with Crippen molar-refractivity contribution in [1.29, 1.82) is 0 Å². The second-order valence-corrected chi connectivity index (χ2v) is 2.75. The predicted molar refractivity (Wildman–Crippen MR) is 49.8 cm³/mol. The lowest BCUT2D eigenvalue weighted by Crippen LogP contribution is -2.19. The van der Waals surface area contributed by atoms with Crippen molar-refractivity contribution in [2.75, 3.05) is 6.61 Å². The van der Waals surface area contributed by atoms with Gasteiger partial charge in [-0.3, -0.25) is 0 Å². The molecule has 0 aromatic heterocycles. The minimum absolute atomic E-state index is 0.154. The summed E-state index contributed by atoms with van der Waals surface area (Å²) < 4.78 is 39.8.